The van der Waals surface area contributed by atoms with Crippen LogP contribution in [-0.2, 0) is 11.2 Å². The molecule has 0 fully saturated rings. The Labute approximate surface area is 161 Å². The fraction of sp³-hybridized carbons (Fsp3) is 0.263. The van der Waals surface area contributed by atoms with E-state index in [-0.39, 0.29) is 23.5 Å². The molecule has 0 saturated heterocycles. The SMILES string of the molecule is C[C@@H](CCc1ccccc1)NC(=O)CSc1nnnn1-c1cccc(F)c1. The molecule has 1 aromatic heterocycles. The standard InChI is InChI=1S/C19H20FN5OS/c1-14(10-11-15-6-3-2-4-7-15)21-18(26)13-27-19-22-23-24-25(19)17-9-5-8-16(20)12-17/h2-9,12,14H,10-11,13H2,1H3,(H,21,26)/t14-/m0/s1. The van der Waals surface area contributed by atoms with Crippen molar-refractivity contribution < 1.29 is 9.18 Å². The minimum absolute atomic E-state index is 0.0671. The molecule has 0 saturated carbocycles. The van der Waals surface area contributed by atoms with Gasteiger partial charge in [0.25, 0.3) is 0 Å². The van der Waals surface area contributed by atoms with Crippen LogP contribution in [0.15, 0.2) is 59.8 Å². The summed E-state index contributed by atoms with van der Waals surface area (Å²) >= 11 is 1.21. The Hall–Kier alpha value is -2.74. The van der Waals surface area contributed by atoms with Gasteiger partial charge in [-0.05, 0) is 54.0 Å². The number of amides is 1. The van der Waals surface area contributed by atoms with Gasteiger partial charge in [0.05, 0.1) is 11.4 Å². The quantitative estimate of drug-likeness (QED) is 0.604. The van der Waals surface area contributed by atoms with E-state index in [1.807, 2.05) is 25.1 Å². The molecule has 1 amide bonds. The topological polar surface area (TPSA) is 72.7 Å². The summed E-state index contributed by atoms with van der Waals surface area (Å²) in [4.78, 5) is 12.2. The Kier molecular flexibility index (Phi) is 6.54. The van der Waals surface area contributed by atoms with Crippen molar-refractivity contribution in [1.82, 2.24) is 25.5 Å². The molecule has 1 N–H and O–H groups in total. The molecule has 0 bridgehead atoms. The summed E-state index contributed by atoms with van der Waals surface area (Å²) in [5.74, 6) is -0.274. The summed E-state index contributed by atoms with van der Waals surface area (Å²) in [6.07, 6.45) is 1.77. The average molecular weight is 385 g/mol. The van der Waals surface area contributed by atoms with Gasteiger partial charge in [-0.25, -0.2) is 4.39 Å². The number of hydrogen-bond acceptors (Lipinski definition) is 5. The minimum Gasteiger partial charge on any atom is -0.353 e. The van der Waals surface area contributed by atoms with Crippen molar-refractivity contribution in [3.05, 3.63) is 66.0 Å². The number of aromatic nitrogens is 4. The van der Waals surface area contributed by atoms with Crippen LogP contribution < -0.4 is 5.32 Å². The lowest BCUT2D eigenvalue weighted by Gasteiger charge is -2.13. The maximum Gasteiger partial charge on any atom is 0.230 e. The minimum atomic E-state index is -0.371. The number of aryl methyl sites for hydroxylation is 1. The average Bonchev–Trinajstić information content (AvgIpc) is 3.14. The van der Waals surface area contributed by atoms with E-state index in [0.717, 1.165) is 12.8 Å². The number of carbonyl (C=O) groups is 1. The zero-order valence-corrected chi connectivity index (χ0v) is 15.7. The molecule has 8 heteroatoms. The molecule has 6 nitrogen and oxygen atoms in total. The highest BCUT2D eigenvalue weighted by Crippen LogP contribution is 2.18. The number of halogens is 1. The summed E-state index contributed by atoms with van der Waals surface area (Å²) < 4.78 is 14.8. The Morgan fingerprint density at radius 2 is 2.04 bits per heavy atom. The first kappa shape index (κ1) is 19.0. The molecule has 2 aromatic carbocycles. The molecular weight excluding hydrogens is 365 g/mol. The van der Waals surface area contributed by atoms with Gasteiger partial charge in [-0.2, -0.15) is 4.68 Å². The highest BCUT2D eigenvalue weighted by Gasteiger charge is 2.13. The van der Waals surface area contributed by atoms with E-state index in [1.165, 1.54) is 34.1 Å². The first-order valence-electron chi connectivity index (χ1n) is 8.62. The van der Waals surface area contributed by atoms with Crippen molar-refractivity contribution >= 4 is 17.7 Å². The normalized spacial score (nSPS) is 11.9. The van der Waals surface area contributed by atoms with Crippen molar-refractivity contribution in [3.63, 3.8) is 0 Å². The Balaban J connectivity index is 1.49. The number of tetrazole rings is 1. The van der Waals surface area contributed by atoms with Crippen LogP contribution in [0.4, 0.5) is 4.39 Å². The fourth-order valence-electron chi connectivity index (χ4n) is 2.59. The van der Waals surface area contributed by atoms with E-state index in [4.69, 9.17) is 0 Å². The lowest BCUT2D eigenvalue weighted by molar-refractivity contribution is -0.119. The third kappa shape index (κ3) is 5.62. The Bertz CT molecular complexity index is 887. The number of thioether (sulfide) groups is 1. The van der Waals surface area contributed by atoms with Crippen molar-refractivity contribution in [1.29, 1.82) is 0 Å². The van der Waals surface area contributed by atoms with Gasteiger partial charge in [-0.3, -0.25) is 4.79 Å². The van der Waals surface area contributed by atoms with Gasteiger partial charge < -0.3 is 5.32 Å². The molecule has 3 aromatic rings. The predicted molar refractivity (Wildman–Crippen MR) is 102 cm³/mol. The molecule has 1 heterocycles. The van der Waals surface area contributed by atoms with Crippen LogP contribution in [0.3, 0.4) is 0 Å². The van der Waals surface area contributed by atoms with Crippen molar-refractivity contribution in [2.45, 2.75) is 31.0 Å². The van der Waals surface area contributed by atoms with Gasteiger partial charge in [0.2, 0.25) is 11.1 Å². The molecule has 0 aliphatic carbocycles. The Morgan fingerprint density at radius 3 is 2.81 bits per heavy atom. The lowest BCUT2D eigenvalue weighted by atomic mass is 10.1. The van der Waals surface area contributed by atoms with Gasteiger partial charge in [-0.15, -0.1) is 5.10 Å². The van der Waals surface area contributed by atoms with Crippen LogP contribution in [0.2, 0.25) is 0 Å². The van der Waals surface area contributed by atoms with E-state index >= 15 is 0 Å². The number of rotatable bonds is 8. The number of nitrogens with one attached hydrogen (secondary N) is 1. The van der Waals surface area contributed by atoms with Crippen LogP contribution in [0.25, 0.3) is 5.69 Å². The maximum atomic E-state index is 13.4. The second kappa shape index (κ2) is 9.27. The molecule has 140 valence electrons. The van der Waals surface area contributed by atoms with E-state index in [9.17, 15) is 9.18 Å². The molecule has 0 spiro atoms. The summed E-state index contributed by atoms with van der Waals surface area (Å²) in [5, 5.41) is 14.8. The third-order valence-corrected chi connectivity index (χ3v) is 4.86. The zero-order valence-electron chi connectivity index (χ0n) is 14.9. The molecule has 0 unspecified atom stereocenters. The first-order chi connectivity index (χ1) is 13.1. The molecule has 0 aliphatic rings. The monoisotopic (exact) mass is 385 g/mol. The summed E-state index contributed by atoms with van der Waals surface area (Å²) in [6, 6.07) is 16.2. The molecule has 0 radical (unpaired) electrons. The summed E-state index contributed by atoms with van der Waals surface area (Å²) in [6.45, 7) is 1.99. The Morgan fingerprint density at radius 1 is 1.22 bits per heavy atom. The van der Waals surface area contributed by atoms with Gasteiger partial charge in [-0.1, -0.05) is 48.2 Å². The van der Waals surface area contributed by atoms with Crippen molar-refractivity contribution in [3.8, 4) is 5.69 Å². The van der Waals surface area contributed by atoms with Crippen LogP contribution >= 0.6 is 11.8 Å². The molecule has 27 heavy (non-hydrogen) atoms. The second-order valence-electron chi connectivity index (χ2n) is 6.13. The van der Waals surface area contributed by atoms with Gasteiger partial charge in [0, 0.05) is 6.04 Å². The number of hydrogen-bond donors (Lipinski definition) is 1. The smallest absolute Gasteiger partial charge is 0.230 e. The van der Waals surface area contributed by atoms with Crippen molar-refractivity contribution in [2.24, 2.45) is 0 Å². The first-order valence-corrected chi connectivity index (χ1v) is 9.61. The maximum absolute atomic E-state index is 13.4. The van der Waals surface area contributed by atoms with Gasteiger partial charge in [0.15, 0.2) is 0 Å². The largest absolute Gasteiger partial charge is 0.353 e. The third-order valence-electron chi connectivity index (χ3n) is 3.94. The van der Waals surface area contributed by atoms with E-state index in [2.05, 4.69) is 33.0 Å². The highest BCUT2D eigenvalue weighted by molar-refractivity contribution is 7.99. The number of carbonyl (C=O) groups excluding carboxylic acids is 1. The molecule has 3 rings (SSSR count). The number of benzene rings is 2. The lowest BCUT2D eigenvalue weighted by Crippen LogP contribution is -2.34. The van der Waals surface area contributed by atoms with Gasteiger partial charge >= 0.3 is 0 Å². The summed E-state index contributed by atoms with van der Waals surface area (Å²) in [7, 11) is 0. The van der Waals surface area contributed by atoms with Crippen molar-refractivity contribution in [2.75, 3.05) is 5.75 Å². The molecule has 0 aliphatic heterocycles. The number of nitrogens with zero attached hydrogens (tertiary/aromatic N) is 4. The highest BCUT2D eigenvalue weighted by atomic mass is 32.2. The fourth-order valence-corrected chi connectivity index (χ4v) is 3.29. The van der Waals surface area contributed by atoms with Crippen LogP contribution in [0, 0.1) is 5.82 Å². The zero-order chi connectivity index (χ0) is 19.1. The van der Waals surface area contributed by atoms with Crippen LogP contribution in [0.1, 0.15) is 18.9 Å². The van der Waals surface area contributed by atoms with Crippen LogP contribution in [-0.4, -0.2) is 37.9 Å². The molecule has 1 atom stereocenters. The molecular formula is C19H20FN5OS. The summed E-state index contributed by atoms with van der Waals surface area (Å²) in [5.41, 5.74) is 1.77. The second-order valence-corrected chi connectivity index (χ2v) is 7.08. The van der Waals surface area contributed by atoms with Crippen LogP contribution in [0.5, 0.6) is 0 Å². The van der Waals surface area contributed by atoms with E-state index < -0.39 is 0 Å². The van der Waals surface area contributed by atoms with Gasteiger partial charge in [0.1, 0.15) is 5.82 Å². The van der Waals surface area contributed by atoms with E-state index in [0.29, 0.717) is 10.8 Å². The predicted octanol–water partition coefficient (Wildman–Crippen LogP) is 3.03. The van der Waals surface area contributed by atoms with E-state index in [1.54, 1.807) is 12.1 Å².